The normalized spacial score (nSPS) is 12.6. The summed E-state index contributed by atoms with van der Waals surface area (Å²) in [5, 5.41) is 3.63. The molecule has 1 rings (SSSR count). The molecule has 96 valence electrons. The molecule has 17 heavy (non-hydrogen) atoms. The molecule has 3 heteroatoms. The monoisotopic (exact) mass is 255 g/mol. The van der Waals surface area contributed by atoms with Crippen LogP contribution >= 0.6 is 11.6 Å². The molecule has 0 aliphatic rings. The Kier molecular flexibility index (Phi) is 8.06. The van der Waals surface area contributed by atoms with Crippen LogP contribution in [0.4, 0.5) is 0 Å². The molecule has 1 aromatic carbocycles. The second-order valence-corrected chi connectivity index (χ2v) is 4.96. The topological polar surface area (TPSA) is 21.3 Å². The van der Waals surface area contributed by atoms with E-state index in [0.29, 0.717) is 6.61 Å². The molecular weight excluding hydrogens is 234 g/mol. The molecule has 0 saturated heterocycles. The summed E-state index contributed by atoms with van der Waals surface area (Å²) in [7, 11) is 0. The number of hydrogen-bond acceptors (Lipinski definition) is 2. The molecule has 0 aliphatic heterocycles. The van der Waals surface area contributed by atoms with Gasteiger partial charge in [0, 0.05) is 11.9 Å². The predicted octanol–water partition coefficient (Wildman–Crippen LogP) is 3.20. The predicted molar refractivity (Wildman–Crippen MR) is 73.5 cm³/mol. The van der Waals surface area contributed by atoms with Crippen LogP contribution in [0.3, 0.4) is 0 Å². The zero-order chi connectivity index (χ0) is 12.3. The van der Waals surface area contributed by atoms with E-state index in [4.69, 9.17) is 16.3 Å². The van der Waals surface area contributed by atoms with Gasteiger partial charge in [-0.2, -0.15) is 0 Å². The smallest absolute Gasteiger partial charge is 0.0717 e. The third kappa shape index (κ3) is 8.19. The lowest BCUT2D eigenvalue weighted by atomic mass is 10.2. The average molecular weight is 256 g/mol. The quantitative estimate of drug-likeness (QED) is 0.541. The molecule has 0 aliphatic carbocycles. The minimum Gasteiger partial charge on any atom is -0.375 e. The first-order valence-corrected chi connectivity index (χ1v) is 6.69. The fraction of sp³-hybridized carbons (Fsp3) is 0.571. The lowest BCUT2D eigenvalue weighted by Gasteiger charge is -2.07. The second kappa shape index (κ2) is 9.46. The Bertz CT molecular complexity index is 277. The van der Waals surface area contributed by atoms with Crippen molar-refractivity contribution in [3.8, 4) is 0 Å². The minimum atomic E-state index is 0.283. The first-order valence-electron chi connectivity index (χ1n) is 6.25. The molecule has 0 amide bonds. The van der Waals surface area contributed by atoms with Crippen molar-refractivity contribution in [1.82, 2.24) is 5.32 Å². The van der Waals surface area contributed by atoms with Gasteiger partial charge >= 0.3 is 0 Å². The van der Waals surface area contributed by atoms with E-state index in [1.165, 1.54) is 5.56 Å². The van der Waals surface area contributed by atoms with Crippen LogP contribution in [0.25, 0.3) is 0 Å². The van der Waals surface area contributed by atoms with Gasteiger partial charge in [0.05, 0.1) is 13.2 Å². The van der Waals surface area contributed by atoms with Gasteiger partial charge in [-0.05, 0) is 31.9 Å². The van der Waals surface area contributed by atoms with Crippen LogP contribution in [-0.4, -0.2) is 25.1 Å². The van der Waals surface area contributed by atoms with E-state index in [2.05, 4.69) is 17.4 Å². The van der Waals surface area contributed by atoms with Gasteiger partial charge in [-0.1, -0.05) is 30.3 Å². The summed E-state index contributed by atoms with van der Waals surface area (Å²) in [6, 6.07) is 10.2. The standard InChI is InChI=1S/C14H22ClNO/c1-13(15)6-5-9-16-10-11-17-12-14-7-3-2-4-8-14/h2-4,7-8,13,16H,5-6,9-12H2,1H3. The Hall–Kier alpha value is -0.570. The van der Waals surface area contributed by atoms with Gasteiger partial charge in [-0.15, -0.1) is 11.6 Å². The molecule has 1 atom stereocenters. The summed E-state index contributed by atoms with van der Waals surface area (Å²) in [5.41, 5.74) is 1.23. The van der Waals surface area contributed by atoms with E-state index in [1.807, 2.05) is 25.1 Å². The molecule has 1 unspecified atom stereocenters. The minimum absolute atomic E-state index is 0.283. The average Bonchev–Trinajstić information content (AvgIpc) is 2.33. The highest BCUT2D eigenvalue weighted by Gasteiger charge is 1.95. The van der Waals surface area contributed by atoms with E-state index < -0.39 is 0 Å². The van der Waals surface area contributed by atoms with Gasteiger partial charge in [-0.3, -0.25) is 0 Å². The number of alkyl halides is 1. The summed E-state index contributed by atoms with van der Waals surface area (Å²) in [6.07, 6.45) is 2.20. The summed E-state index contributed by atoms with van der Waals surface area (Å²) < 4.78 is 5.56. The van der Waals surface area contributed by atoms with E-state index >= 15 is 0 Å². The molecule has 1 aromatic rings. The first kappa shape index (κ1) is 14.5. The van der Waals surface area contributed by atoms with Crippen LogP contribution in [0.1, 0.15) is 25.3 Å². The van der Waals surface area contributed by atoms with E-state index in [9.17, 15) is 0 Å². The van der Waals surface area contributed by atoms with Gasteiger partial charge in [-0.25, -0.2) is 0 Å². The Balaban J connectivity index is 1.88. The Labute approximate surface area is 109 Å². The number of ether oxygens (including phenoxy) is 1. The molecule has 0 bridgehead atoms. The number of hydrogen-bond donors (Lipinski definition) is 1. The van der Waals surface area contributed by atoms with Gasteiger partial charge in [0.15, 0.2) is 0 Å². The number of benzene rings is 1. The SMILES string of the molecule is CC(Cl)CCCNCCOCc1ccccc1. The largest absolute Gasteiger partial charge is 0.375 e. The molecule has 0 fully saturated rings. The fourth-order valence-electron chi connectivity index (χ4n) is 1.54. The van der Waals surface area contributed by atoms with Crippen LogP contribution < -0.4 is 5.32 Å². The summed E-state index contributed by atoms with van der Waals surface area (Å²) in [6.45, 7) is 5.41. The zero-order valence-corrected chi connectivity index (χ0v) is 11.2. The molecular formula is C14H22ClNO. The van der Waals surface area contributed by atoms with Crippen molar-refractivity contribution in [2.24, 2.45) is 0 Å². The van der Waals surface area contributed by atoms with Crippen molar-refractivity contribution in [3.05, 3.63) is 35.9 Å². The Morgan fingerprint density at radius 3 is 2.71 bits per heavy atom. The maximum atomic E-state index is 5.86. The number of halogens is 1. The lowest BCUT2D eigenvalue weighted by Crippen LogP contribution is -2.21. The van der Waals surface area contributed by atoms with Crippen molar-refractivity contribution < 1.29 is 4.74 Å². The number of nitrogens with one attached hydrogen (secondary N) is 1. The molecule has 0 aromatic heterocycles. The summed E-state index contributed by atoms with van der Waals surface area (Å²) in [4.78, 5) is 0. The molecule has 0 radical (unpaired) electrons. The Morgan fingerprint density at radius 2 is 2.00 bits per heavy atom. The van der Waals surface area contributed by atoms with E-state index in [0.717, 1.165) is 32.5 Å². The van der Waals surface area contributed by atoms with Gasteiger partial charge in [0.25, 0.3) is 0 Å². The van der Waals surface area contributed by atoms with Crippen molar-refractivity contribution in [1.29, 1.82) is 0 Å². The van der Waals surface area contributed by atoms with Crippen LogP contribution in [0.15, 0.2) is 30.3 Å². The molecule has 1 N–H and O–H groups in total. The maximum Gasteiger partial charge on any atom is 0.0717 e. The highest BCUT2D eigenvalue weighted by molar-refractivity contribution is 6.20. The first-order chi connectivity index (χ1) is 8.29. The third-order valence-electron chi connectivity index (χ3n) is 2.49. The fourth-order valence-corrected chi connectivity index (χ4v) is 1.70. The van der Waals surface area contributed by atoms with E-state index in [1.54, 1.807) is 0 Å². The van der Waals surface area contributed by atoms with Gasteiger partial charge in [0.2, 0.25) is 0 Å². The molecule has 2 nitrogen and oxygen atoms in total. The van der Waals surface area contributed by atoms with Crippen molar-refractivity contribution in [2.75, 3.05) is 19.7 Å². The summed E-state index contributed by atoms with van der Waals surface area (Å²) >= 11 is 5.86. The zero-order valence-electron chi connectivity index (χ0n) is 10.5. The summed E-state index contributed by atoms with van der Waals surface area (Å²) in [5.74, 6) is 0. The van der Waals surface area contributed by atoms with Crippen LogP contribution in [0.2, 0.25) is 0 Å². The second-order valence-electron chi connectivity index (χ2n) is 4.21. The Morgan fingerprint density at radius 1 is 1.24 bits per heavy atom. The molecule has 0 heterocycles. The van der Waals surface area contributed by atoms with E-state index in [-0.39, 0.29) is 5.38 Å². The third-order valence-corrected chi connectivity index (χ3v) is 2.71. The highest BCUT2D eigenvalue weighted by atomic mass is 35.5. The van der Waals surface area contributed by atoms with Crippen LogP contribution in [0.5, 0.6) is 0 Å². The van der Waals surface area contributed by atoms with Gasteiger partial charge in [0.1, 0.15) is 0 Å². The lowest BCUT2D eigenvalue weighted by molar-refractivity contribution is 0.123. The molecule has 0 spiro atoms. The molecule has 0 saturated carbocycles. The number of rotatable bonds is 9. The van der Waals surface area contributed by atoms with Gasteiger partial charge < -0.3 is 10.1 Å². The van der Waals surface area contributed by atoms with Crippen molar-refractivity contribution in [3.63, 3.8) is 0 Å². The van der Waals surface area contributed by atoms with Crippen LogP contribution in [0, 0.1) is 0 Å². The van der Waals surface area contributed by atoms with Crippen molar-refractivity contribution in [2.45, 2.75) is 31.7 Å². The maximum absolute atomic E-state index is 5.86. The van der Waals surface area contributed by atoms with Crippen molar-refractivity contribution >= 4 is 11.6 Å². The van der Waals surface area contributed by atoms with Crippen LogP contribution in [-0.2, 0) is 11.3 Å². The highest BCUT2D eigenvalue weighted by Crippen LogP contribution is 2.02.